The highest BCUT2D eigenvalue weighted by atomic mass is 16.5. The van der Waals surface area contributed by atoms with Crippen molar-refractivity contribution in [2.24, 2.45) is 0 Å². The van der Waals surface area contributed by atoms with E-state index in [1.54, 1.807) is 25.3 Å². The maximum atomic E-state index is 12.1. The highest BCUT2D eigenvalue weighted by Gasteiger charge is 2.21. The first kappa shape index (κ1) is 17.3. The molecule has 0 saturated heterocycles. The van der Waals surface area contributed by atoms with E-state index in [1.165, 1.54) is 0 Å². The Bertz CT molecular complexity index is 486. The Hall–Kier alpha value is -1.75. The number of amides is 1. The van der Waals surface area contributed by atoms with Crippen molar-refractivity contribution in [1.82, 2.24) is 4.90 Å². The number of carbonyl (C=O) groups excluding carboxylic acids is 1. The first-order chi connectivity index (χ1) is 9.80. The molecule has 118 valence electrons. The number of benzene rings is 1. The maximum absolute atomic E-state index is 12.1. The zero-order valence-electron chi connectivity index (χ0n) is 13.7. The summed E-state index contributed by atoms with van der Waals surface area (Å²) in [5.74, 6) is 0.544. The summed E-state index contributed by atoms with van der Waals surface area (Å²) in [5.41, 5.74) is 7.05. The first-order valence-corrected chi connectivity index (χ1v) is 7.24. The van der Waals surface area contributed by atoms with Gasteiger partial charge in [-0.3, -0.25) is 4.79 Å². The lowest BCUT2D eigenvalue weighted by atomic mass is 10.00. The van der Waals surface area contributed by atoms with Crippen molar-refractivity contribution >= 4 is 17.3 Å². The molecule has 0 heterocycles. The van der Waals surface area contributed by atoms with Gasteiger partial charge in [0.2, 0.25) is 5.91 Å². The van der Waals surface area contributed by atoms with Crippen LogP contribution in [0.5, 0.6) is 5.75 Å². The maximum Gasteiger partial charge on any atom is 0.225 e. The molecule has 1 aromatic carbocycles. The highest BCUT2D eigenvalue weighted by Crippen LogP contribution is 2.26. The topological polar surface area (TPSA) is 67.6 Å². The Morgan fingerprint density at radius 2 is 2.10 bits per heavy atom. The van der Waals surface area contributed by atoms with Crippen molar-refractivity contribution in [2.45, 2.75) is 39.2 Å². The van der Waals surface area contributed by atoms with E-state index < -0.39 is 0 Å². The fourth-order valence-electron chi connectivity index (χ4n) is 1.87. The van der Waals surface area contributed by atoms with Crippen LogP contribution >= 0.6 is 0 Å². The van der Waals surface area contributed by atoms with Crippen LogP contribution in [-0.4, -0.2) is 37.0 Å². The number of carbonyl (C=O) groups is 1. The standard InChI is InChI=1S/C16H27N3O2/c1-6-16(2,3)19(4)10-9-15(20)18-13-8-7-12(17)11-14(13)21-5/h7-8,11H,6,9-10,17H2,1-5H3,(H,18,20). The van der Waals surface area contributed by atoms with Crippen LogP contribution < -0.4 is 15.8 Å². The third-order valence-corrected chi connectivity index (χ3v) is 4.07. The lowest BCUT2D eigenvalue weighted by Crippen LogP contribution is -2.41. The van der Waals surface area contributed by atoms with Crippen LogP contribution in [0, 0.1) is 0 Å². The number of anilines is 2. The molecule has 5 nitrogen and oxygen atoms in total. The minimum absolute atomic E-state index is 0.0307. The Kier molecular flexibility index (Phi) is 6.03. The number of hydrogen-bond donors (Lipinski definition) is 2. The van der Waals surface area contributed by atoms with E-state index in [1.807, 2.05) is 7.05 Å². The van der Waals surface area contributed by atoms with Gasteiger partial charge in [0.15, 0.2) is 0 Å². The molecule has 0 aromatic heterocycles. The van der Waals surface area contributed by atoms with Crippen molar-refractivity contribution in [3.63, 3.8) is 0 Å². The molecule has 0 bridgehead atoms. The molecule has 0 fully saturated rings. The second-order valence-corrected chi connectivity index (χ2v) is 5.85. The van der Waals surface area contributed by atoms with E-state index in [2.05, 4.69) is 31.0 Å². The molecular weight excluding hydrogens is 266 g/mol. The first-order valence-electron chi connectivity index (χ1n) is 7.24. The van der Waals surface area contributed by atoms with Gasteiger partial charge in [0.25, 0.3) is 0 Å². The molecule has 0 atom stereocenters. The molecule has 0 aliphatic carbocycles. The summed E-state index contributed by atoms with van der Waals surface area (Å²) in [7, 11) is 3.60. The molecule has 0 radical (unpaired) electrons. The van der Waals surface area contributed by atoms with Gasteiger partial charge >= 0.3 is 0 Å². The SMILES string of the molecule is CCC(C)(C)N(C)CCC(=O)Nc1ccc(N)cc1OC. The molecule has 0 unspecified atom stereocenters. The van der Waals surface area contributed by atoms with Crippen LogP contribution in [0.15, 0.2) is 18.2 Å². The molecule has 1 aromatic rings. The fraction of sp³-hybridized carbons (Fsp3) is 0.562. The number of ether oxygens (including phenoxy) is 1. The highest BCUT2D eigenvalue weighted by molar-refractivity contribution is 5.92. The van der Waals surface area contributed by atoms with Crippen LogP contribution in [0.1, 0.15) is 33.6 Å². The van der Waals surface area contributed by atoms with E-state index >= 15 is 0 Å². The van der Waals surface area contributed by atoms with Gasteiger partial charge in [0, 0.05) is 30.3 Å². The van der Waals surface area contributed by atoms with Crippen molar-refractivity contribution in [2.75, 3.05) is 31.8 Å². The molecule has 21 heavy (non-hydrogen) atoms. The Balaban J connectivity index is 2.59. The second kappa shape index (κ2) is 7.31. The Morgan fingerprint density at radius 1 is 1.43 bits per heavy atom. The van der Waals surface area contributed by atoms with Gasteiger partial charge in [0.05, 0.1) is 12.8 Å². The largest absolute Gasteiger partial charge is 0.494 e. The third kappa shape index (κ3) is 4.93. The lowest BCUT2D eigenvalue weighted by Gasteiger charge is -2.34. The van der Waals surface area contributed by atoms with Crippen LogP contribution in [0.2, 0.25) is 0 Å². The van der Waals surface area contributed by atoms with E-state index in [-0.39, 0.29) is 11.4 Å². The van der Waals surface area contributed by atoms with Gasteiger partial charge in [-0.2, -0.15) is 0 Å². The summed E-state index contributed by atoms with van der Waals surface area (Å²) in [5, 5.41) is 2.87. The summed E-state index contributed by atoms with van der Waals surface area (Å²) in [6.45, 7) is 7.21. The van der Waals surface area contributed by atoms with Gasteiger partial charge in [-0.1, -0.05) is 6.92 Å². The average molecular weight is 293 g/mol. The number of nitrogens with one attached hydrogen (secondary N) is 1. The van der Waals surface area contributed by atoms with E-state index in [4.69, 9.17) is 10.5 Å². The van der Waals surface area contributed by atoms with Gasteiger partial charge in [-0.15, -0.1) is 0 Å². The summed E-state index contributed by atoms with van der Waals surface area (Å²) < 4.78 is 5.22. The Labute approximate surface area is 127 Å². The molecule has 5 heteroatoms. The van der Waals surface area contributed by atoms with Crippen LogP contribution in [0.4, 0.5) is 11.4 Å². The van der Waals surface area contributed by atoms with Crippen molar-refractivity contribution in [3.05, 3.63) is 18.2 Å². The summed E-state index contributed by atoms with van der Waals surface area (Å²) in [6, 6.07) is 5.19. The smallest absolute Gasteiger partial charge is 0.225 e. The molecule has 0 aliphatic rings. The minimum atomic E-state index is -0.0307. The van der Waals surface area contributed by atoms with Gasteiger partial charge in [-0.25, -0.2) is 0 Å². The van der Waals surface area contributed by atoms with E-state index in [0.29, 0.717) is 30.1 Å². The number of nitrogens with two attached hydrogens (primary N) is 1. The minimum Gasteiger partial charge on any atom is -0.494 e. The number of nitrogen functional groups attached to an aromatic ring is 1. The van der Waals surface area contributed by atoms with Gasteiger partial charge < -0.3 is 20.7 Å². The van der Waals surface area contributed by atoms with Gasteiger partial charge in [0.1, 0.15) is 5.75 Å². The zero-order valence-corrected chi connectivity index (χ0v) is 13.7. The number of rotatable bonds is 7. The Morgan fingerprint density at radius 3 is 2.67 bits per heavy atom. The summed E-state index contributed by atoms with van der Waals surface area (Å²) in [4.78, 5) is 14.3. The quantitative estimate of drug-likeness (QED) is 0.759. The normalized spacial score (nSPS) is 11.5. The molecule has 0 spiro atoms. The fourth-order valence-corrected chi connectivity index (χ4v) is 1.87. The van der Waals surface area contributed by atoms with Crippen LogP contribution in [0.3, 0.4) is 0 Å². The predicted octanol–water partition coefficient (Wildman–Crippen LogP) is 2.73. The van der Waals surface area contributed by atoms with E-state index in [9.17, 15) is 4.79 Å². The number of methoxy groups -OCH3 is 1. The number of hydrogen-bond acceptors (Lipinski definition) is 4. The van der Waals surface area contributed by atoms with Gasteiger partial charge in [-0.05, 0) is 39.4 Å². The van der Waals surface area contributed by atoms with Crippen LogP contribution in [-0.2, 0) is 4.79 Å². The third-order valence-electron chi connectivity index (χ3n) is 4.07. The zero-order chi connectivity index (χ0) is 16.0. The molecule has 1 rings (SSSR count). The lowest BCUT2D eigenvalue weighted by molar-refractivity contribution is -0.116. The summed E-state index contributed by atoms with van der Waals surface area (Å²) >= 11 is 0. The molecular formula is C16H27N3O2. The van der Waals surface area contributed by atoms with Crippen molar-refractivity contribution < 1.29 is 9.53 Å². The number of nitrogens with zero attached hydrogens (tertiary/aromatic N) is 1. The monoisotopic (exact) mass is 293 g/mol. The molecule has 0 aliphatic heterocycles. The summed E-state index contributed by atoms with van der Waals surface area (Å²) in [6.07, 6.45) is 1.48. The average Bonchev–Trinajstić information content (AvgIpc) is 2.46. The van der Waals surface area contributed by atoms with E-state index in [0.717, 1.165) is 6.42 Å². The van der Waals surface area contributed by atoms with Crippen molar-refractivity contribution in [1.29, 1.82) is 0 Å². The molecule has 0 saturated carbocycles. The second-order valence-electron chi connectivity index (χ2n) is 5.85. The molecule has 3 N–H and O–H groups in total. The predicted molar refractivity (Wildman–Crippen MR) is 87.7 cm³/mol. The van der Waals surface area contributed by atoms with Crippen LogP contribution in [0.25, 0.3) is 0 Å². The van der Waals surface area contributed by atoms with Crippen molar-refractivity contribution in [3.8, 4) is 5.75 Å². The molecule has 1 amide bonds.